The number of carboxylic acid groups (broad SMARTS) is 1. The minimum absolute atomic E-state index is 0. The monoisotopic (exact) mass is 519 g/mol. The van der Waals surface area contributed by atoms with Crippen LogP contribution in [-0.4, -0.2) is 28.8 Å². The van der Waals surface area contributed by atoms with E-state index in [4.69, 9.17) is 21.0 Å². The standard InChI is InChI=1S/C24H22FN3O5S.ClH/c1-24(2,23(32)28-15-5-3-4-14(10-15)21(29)30)12-16-7-9-19(34-16)22(31)33-18-8-6-13(20(26)27)11-17(18)25;/h3-11H,12H2,1-2H3,(H3,26,27)(H,28,32)(H,29,30);1H. The number of thiophene rings is 1. The predicted octanol–water partition coefficient (Wildman–Crippen LogP) is 4.72. The lowest BCUT2D eigenvalue weighted by Gasteiger charge is -2.23. The van der Waals surface area contributed by atoms with Gasteiger partial charge in [-0.05, 0) is 55.0 Å². The van der Waals surface area contributed by atoms with Crippen molar-refractivity contribution in [1.82, 2.24) is 0 Å². The number of rotatable bonds is 8. The first-order valence-electron chi connectivity index (χ1n) is 10.1. The van der Waals surface area contributed by atoms with Crippen molar-refractivity contribution in [2.24, 2.45) is 11.1 Å². The maximum Gasteiger partial charge on any atom is 0.353 e. The number of carboxylic acids is 1. The van der Waals surface area contributed by atoms with Gasteiger partial charge in [0.15, 0.2) is 11.6 Å². The van der Waals surface area contributed by atoms with Crippen LogP contribution in [0.25, 0.3) is 0 Å². The molecule has 0 saturated heterocycles. The lowest BCUT2D eigenvalue weighted by Crippen LogP contribution is -2.32. The summed E-state index contributed by atoms with van der Waals surface area (Å²) in [5.74, 6) is -3.57. The summed E-state index contributed by atoms with van der Waals surface area (Å²) in [5, 5.41) is 19.2. The molecule has 3 rings (SSSR count). The molecule has 0 aliphatic heterocycles. The third-order valence-electron chi connectivity index (χ3n) is 4.91. The van der Waals surface area contributed by atoms with Crippen LogP contribution >= 0.6 is 23.7 Å². The minimum atomic E-state index is -1.09. The number of benzene rings is 2. The SMILES string of the molecule is CC(C)(Cc1ccc(C(=O)Oc2ccc(C(=N)N)cc2F)s1)C(=O)Nc1cccc(C(=O)O)c1.Cl. The van der Waals surface area contributed by atoms with Gasteiger partial charge < -0.3 is 20.9 Å². The highest BCUT2D eigenvalue weighted by molar-refractivity contribution is 7.14. The molecular weight excluding hydrogens is 497 g/mol. The Labute approximate surface area is 210 Å². The van der Waals surface area contributed by atoms with Crippen LogP contribution in [-0.2, 0) is 11.2 Å². The number of amidine groups is 1. The molecule has 2 aromatic carbocycles. The molecule has 3 aromatic rings. The van der Waals surface area contributed by atoms with Gasteiger partial charge in [0.2, 0.25) is 5.91 Å². The van der Waals surface area contributed by atoms with Gasteiger partial charge in [-0.25, -0.2) is 14.0 Å². The highest BCUT2D eigenvalue weighted by Crippen LogP contribution is 2.29. The molecule has 1 amide bonds. The van der Waals surface area contributed by atoms with Crippen molar-refractivity contribution in [2.75, 3.05) is 5.32 Å². The number of nitrogen functional groups attached to an aromatic ring is 1. The van der Waals surface area contributed by atoms with E-state index in [1.54, 1.807) is 32.0 Å². The molecule has 0 bridgehead atoms. The Bertz CT molecular complexity index is 1290. The second kappa shape index (κ2) is 11.1. The van der Waals surface area contributed by atoms with E-state index in [0.717, 1.165) is 22.3 Å². The molecule has 5 N–H and O–H groups in total. The zero-order valence-electron chi connectivity index (χ0n) is 18.8. The smallest absolute Gasteiger partial charge is 0.353 e. The third kappa shape index (κ3) is 6.87. The van der Waals surface area contributed by atoms with Gasteiger partial charge in [-0.1, -0.05) is 19.9 Å². The van der Waals surface area contributed by atoms with Gasteiger partial charge in [0.05, 0.1) is 5.56 Å². The molecule has 11 heteroatoms. The number of halogens is 2. The summed E-state index contributed by atoms with van der Waals surface area (Å²) in [4.78, 5) is 37.4. The number of esters is 1. The van der Waals surface area contributed by atoms with E-state index >= 15 is 0 Å². The first-order chi connectivity index (χ1) is 16.0. The van der Waals surface area contributed by atoms with Crippen molar-refractivity contribution in [1.29, 1.82) is 5.41 Å². The number of hydrogen-bond acceptors (Lipinski definition) is 6. The molecule has 184 valence electrons. The molecular formula is C24H23ClFN3O5S. The van der Waals surface area contributed by atoms with Crippen LogP contribution in [0.1, 0.15) is 44.3 Å². The molecule has 0 fully saturated rings. The molecule has 1 aromatic heterocycles. The lowest BCUT2D eigenvalue weighted by atomic mass is 9.87. The van der Waals surface area contributed by atoms with Gasteiger partial charge in [-0.15, -0.1) is 23.7 Å². The number of hydrogen-bond donors (Lipinski definition) is 4. The number of nitrogens with two attached hydrogens (primary N) is 1. The Morgan fingerprint density at radius 1 is 1.11 bits per heavy atom. The summed E-state index contributed by atoms with van der Waals surface area (Å²) in [5.41, 5.74) is 5.04. The molecule has 1 heterocycles. The first-order valence-corrected chi connectivity index (χ1v) is 10.9. The van der Waals surface area contributed by atoms with Crippen molar-refractivity contribution in [3.8, 4) is 5.75 Å². The number of carbonyl (C=O) groups is 3. The summed E-state index contributed by atoms with van der Waals surface area (Å²) < 4.78 is 19.3. The van der Waals surface area contributed by atoms with E-state index in [1.165, 1.54) is 30.3 Å². The maximum atomic E-state index is 14.1. The fourth-order valence-electron chi connectivity index (χ4n) is 3.03. The van der Waals surface area contributed by atoms with Crippen LogP contribution in [0, 0.1) is 16.6 Å². The fraction of sp³-hybridized carbons (Fsp3) is 0.167. The first kappa shape index (κ1) is 27.5. The summed E-state index contributed by atoms with van der Waals surface area (Å²) >= 11 is 1.12. The van der Waals surface area contributed by atoms with Crippen molar-refractivity contribution in [2.45, 2.75) is 20.3 Å². The van der Waals surface area contributed by atoms with E-state index < -0.39 is 23.2 Å². The summed E-state index contributed by atoms with van der Waals surface area (Å²) in [6.45, 7) is 3.46. The summed E-state index contributed by atoms with van der Waals surface area (Å²) in [6, 6.07) is 12.8. The Kier molecular flexibility index (Phi) is 8.72. The van der Waals surface area contributed by atoms with Gasteiger partial charge in [-0.2, -0.15) is 0 Å². The molecule has 35 heavy (non-hydrogen) atoms. The van der Waals surface area contributed by atoms with Crippen LogP contribution in [0.4, 0.5) is 10.1 Å². The van der Waals surface area contributed by atoms with E-state index in [0.29, 0.717) is 12.1 Å². The lowest BCUT2D eigenvalue weighted by molar-refractivity contribution is -0.123. The molecule has 0 aliphatic rings. The Balaban J connectivity index is 0.00000432. The van der Waals surface area contributed by atoms with Crippen LogP contribution in [0.3, 0.4) is 0 Å². The van der Waals surface area contributed by atoms with Crippen LogP contribution in [0.2, 0.25) is 0 Å². The minimum Gasteiger partial charge on any atom is -0.478 e. The molecule has 0 spiro atoms. The Morgan fingerprint density at radius 3 is 2.46 bits per heavy atom. The van der Waals surface area contributed by atoms with Crippen LogP contribution in [0.5, 0.6) is 5.75 Å². The quantitative estimate of drug-likeness (QED) is 0.147. The third-order valence-corrected chi connectivity index (χ3v) is 5.97. The normalized spacial score (nSPS) is 10.7. The van der Waals surface area contributed by atoms with Crippen molar-refractivity contribution in [3.05, 3.63) is 81.3 Å². The van der Waals surface area contributed by atoms with Gasteiger partial charge >= 0.3 is 11.9 Å². The molecule has 0 aliphatic carbocycles. The van der Waals surface area contributed by atoms with Crippen LogP contribution < -0.4 is 15.8 Å². The van der Waals surface area contributed by atoms with Gasteiger partial charge in [-0.3, -0.25) is 10.2 Å². The average molecular weight is 520 g/mol. The van der Waals surface area contributed by atoms with Gasteiger partial charge in [0.1, 0.15) is 10.7 Å². The van der Waals surface area contributed by atoms with E-state index in [2.05, 4.69) is 5.32 Å². The molecule has 0 saturated carbocycles. The number of ether oxygens (including phenoxy) is 1. The number of anilines is 1. The zero-order chi connectivity index (χ0) is 25.0. The second-order valence-corrected chi connectivity index (χ2v) is 9.28. The predicted molar refractivity (Wildman–Crippen MR) is 133 cm³/mol. The Hall–Kier alpha value is -3.76. The zero-order valence-corrected chi connectivity index (χ0v) is 20.4. The largest absolute Gasteiger partial charge is 0.478 e. The number of nitrogens with one attached hydrogen (secondary N) is 2. The fourth-order valence-corrected chi connectivity index (χ4v) is 4.14. The number of carbonyl (C=O) groups excluding carboxylic acids is 2. The van der Waals surface area contributed by atoms with E-state index in [1.807, 2.05) is 0 Å². The van der Waals surface area contributed by atoms with E-state index in [-0.39, 0.29) is 45.9 Å². The molecule has 8 nitrogen and oxygen atoms in total. The van der Waals surface area contributed by atoms with Crippen molar-refractivity contribution >= 4 is 53.1 Å². The van der Waals surface area contributed by atoms with Gasteiger partial charge in [0.25, 0.3) is 0 Å². The Morgan fingerprint density at radius 2 is 1.83 bits per heavy atom. The summed E-state index contributed by atoms with van der Waals surface area (Å²) in [7, 11) is 0. The highest BCUT2D eigenvalue weighted by Gasteiger charge is 2.29. The topological polar surface area (TPSA) is 143 Å². The second-order valence-electron chi connectivity index (χ2n) is 8.12. The van der Waals surface area contributed by atoms with Crippen LogP contribution in [0.15, 0.2) is 54.6 Å². The molecule has 0 radical (unpaired) electrons. The maximum absolute atomic E-state index is 14.1. The van der Waals surface area contributed by atoms with Crippen molar-refractivity contribution in [3.63, 3.8) is 0 Å². The molecule has 0 unspecified atom stereocenters. The summed E-state index contributed by atoms with van der Waals surface area (Å²) in [6.07, 6.45) is 0.303. The van der Waals surface area contributed by atoms with Crippen molar-refractivity contribution < 1.29 is 28.6 Å². The highest BCUT2D eigenvalue weighted by atomic mass is 35.5. The van der Waals surface area contributed by atoms with Gasteiger partial charge in [0, 0.05) is 21.5 Å². The number of amides is 1. The average Bonchev–Trinajstić information content (AvgIpc) is 3.23. The molecule has 0 atom stereocenters. The number of aromatic carboxylic acids is 1. The van der Waals surface area contributed by atoms with E-state index in [9.17, 15) is 18.8 Å².